The molecule has 0 radical (unpaired) electrons. The lowest BCUT2D eigenvalue weighted by Gasteiger charge is -2.05. The molecule has 0 saturated heterocycles. The van der Waals surface area contributed by atoms with Crippen LogP contribution in [0.5, 0.6) is 0 Å². The van der Waals surface area contributed by atoms with Crippen LogP contribution >= 0.6 is 0 Å². The molecule has 0 spiro atoms. The Morgan fingerprint density at radius 2 is 2.47 bits per heavy atom. The number of aliphatic hydroxyl groups excluding tert-OH is 2. The number of anilines is 1. The van der Waals surface area contributed by atoms with Gasteiger partial charge in [0.25, 0.3) is 0 Å². The standard InChI is InChI=1S/C8H13N3O4/c1-15-8(14)7-6(9)3-11(10-7)2-5(13)4-12/h3,5,12-13H,2,4,9H2,1H3. The average Bonchev–Trinajstić information content (AvgIpc) is 2.58. The van der Waals surface area contributed by atoms with Gasteiger partial charge in [-0.3, -0.25) is 4.68 Å². The maximum Gasteiger partial charge on any atom is 0.360 e. The number of nitrogen functional groups attached to an aromatic ring is 1. The molecule has 0 aliphatic rings. The molecule has 15 heavy (non-hydrogen) atoms. The SMILES string of the molecule is COC(=O)c1nn(CC(O)CO)cc1N. The molecule has 0 aromatic carbocycles. The van der Waals surface area contributed by atoms with Gasteiger partial charge in [-0.1, -0.05) is 0 Å². The normalized spacial score (nSPS) is 12.5. The second kappa shape index (κ2) is 4.76. The summed E-state index contributed by atoms with van der Waals surface area (Å²) in [6.45, 7) is -0.314. The maximum absolute atomic E-state index is 11.1. The molecule has 1 aromatic heterocycles. The second-order valence-electron chi connectivity index (χ2n) is 2.98. The van der Waals surface area contributed by atoms with Crippen molar-refractivity contribution in [2.75, 3.05) is 19.5 Å². The van der Waals surface area contributed by atoms with Crippen LogP contribution in [0, 0.1) is 0 Å². The highest BCUT2D eigenvalue weighted by molar-refractivity contribution is 5.92. The molecule has 84 valence electrons. The van der Waals surface area contributed by atoms with Crippen LogP contribution in [-0.2, 0) is 11.3 Å². The first-order valence-corrected chi connectivity index (χ1v) is 4.28. The van der Waals surface area contributed by atoms with E-state index >= 15 is 0 Å². The Morgan fingerprint density at radius 3 is 3.00 bits per heavy atom. The summed E-state index contributed by atoms with van der Waals surface area (Å²) < 4.78 is 5.74. The summed E-state index contributed by atoms with van der Waals surface area (Å²) in [5.41, 5.74) is 5.68. The molecule has 1 atom stereocenters. The van der Waals surface area contributed by atoms with Crippen LogP contribution in [0.2, 0.25) is 0 Å². The molecule has 0 aliphatic heterocycles. The van der Waals surface area contributed by atoms with Crippen LogP contribution in [-0.4, -0.2) is 45.8 Å². The van der Waals surface area contributed by atoms with E-state index in [1.807, 2.05) is 0 Å². The smallest absolute Gasteiger partial charge is 0.360 e. The number of carbonyl (C=O) groups excluding carboxylic acids is 1. The Bertz CT molecular complexity index is 350. The molecule has 1 heterocycles. The van der Waals surface area contributed by atoms with E-state index in [-0.39, 0.29) is 24.5 Å². The van der Waals surface area contributed by atoms with Gasteiger partial charge in [0.1, 0.15) is 0 Å². The molecular formula is C8H13N3O4. The number of methoxy groups -OCH3 is 1. The Labute approximate surface area is 86.1 Å². The van der Waals surface area contributed by atoms with Crippen molar-refractivity contribution in [3.8, 4) is 0 Å². The van der Waals surface area contributed by atoms with Crippen LogP contribution in [0.4, 0.5) is 5.69 Å². The van der Waals surface area contributed by atoms with Crippen LogP contribution in [0.3, 0.4) is 0 Å². The van der Waals surface area contributed by atoms with Crippen molar-refractivity contribution < 1.29 is 19.7 Å². The van der Waals surface area contributed by atoms with Crippen LogP contribution in [0.15, 0.2) is 6.20 Å². The summed E-state index contributed by atoms with van der Waals surface area (Å²) >= 11 is 0. The summed E-state index contributed by atoms with van der Waals surface area (Å²) in [5.74, 6) is -0.635. The molecule has 4 N–H and O–H groups in total. The van der Waals surface area contributed by atoms with E-state index in [1.165, 1.54) is 18.0 Å². The quantitative estimate of drug-likeness (QED) is 0.533. The van der Waals surface area contributed by atoms with Gasteiger partial charge >= 0.3 is 5.97 Å². The number of esters is 1. The first-order valence-electron chi connectivity index (χ1n) is 4.28. The third kappa shape index (κ3) is 2.67. The van der Waals surface area contributed by atoms with E-state index in [0.717, 1.165) is 0 Å². The molecule has 0 amide bonds. The number of ether oxygens (including phenoxy) is 1. The number of carbonyl (C=O) groups is 1. The number of rotatable bonds is 4. The van der Waals surface area contributed by atoms with E-state index in [1.54, 1.807) is 0 Å². The largest absolute Gasteiger partial charge is 0.464 e. The third-order valence-corrected chi connectivity index (χ3v) is 1.78. The number of aliphatic hydroxyl groups is 2. The van der Waals surface area contributed by atoms with Crippen LogP contribution in [0.25, 0.3) is 0 Å². The van der Waals surface area contributed by atoms with Gasteiger partial charge in [-0.05, 0) is 0 Å². The van der Waals surface area contributed by atoms with Crippen LogP contribution in [0.1, 0.15) is 10.5 Å². The minimum absolute atomic E-state index is 0.00244. The van der Waals surface area contributed by atoms with E-state index in [9.17, 15) is 4.79 Å². The van der Waals surface area contributed by atoms with Gasteiger partial charge in [0.05, 0.1) is 32.1 Å². The second-order valence-corrected chi connectivity index (χ2v) is 2.98. The third-order valence-electron chi connectivity index (χ3n) is 1.78. The lowest BCUT2D eigenvalue weighted by Crippen LogP contribution is -2.20. The summed E-state index contributed by atoms with van der Waals surface area (Å²) in [4.78, 5) is 11.1. The molecular weight excluding hydrogens is 202 g/mol. The fraction of sp³-hybridized carbons (Fsp3) is 0.500. The molecule has 0 bridgehead atoms. The zero-order valence-corrected chi connectivity index (χ0v) is 8.25. The van der Waals surface area contributed by atoms with Crippen molar-refractivity contribution in [1.29, 1.82) is 0 Å². The van der Waals surface area contributed by atoms with Gasteiger partial charge in [-0.25, -0.2) is 4.79 Å². The van der Waals surface area contributed by atoms with E-state index < -0.39 is 12.1 Å². The Balaban J connectivity index is 2.81. The van der Waals surface area contributed by atoms with Crippen molar-refractivity contribution in [3.05, 3.63) is 11.9 Å². The molecule has 7 heteroatoms. The Hall–Kier alpha value is -1.60. The van der Waals surface area contributed by atoms with E-state index in [0.29, 0.717) is 0 Å². The van der Waals surface area contributed by atoms with Crippen molar-refractivity contribution in [3.63, 3.8) is 0 Å². The summed E-state index contributed by atoms with van der Waals surface area (Å²) in [7, 11) is 1.23. The topological polar surface area (TPSA) is 111 Å². The highest BCUT2D eigenvalue weighted by Crippen LogP contribution is 2.10. The van der Waals surface area contributed by atoms with Gasteiger partial charge in [0, 0.05) is 6.20 Å². The first-order chi connectivity index (χ1) is 7.08. The van der Waals surface area contributed by atoms with E-state index in [4.69, 9.17) is 15.9 Å². The van der Waals surface area contributed by atoms with Gasteiger partial charge in [0.15, 0.2) is 5.69 Å². The minimum Gasteiger partial charge on any atom is -0.464 e. The van der Waals surface area contributed by atoms with Gasteiger partial charge in [0.2, 0.25) is 0 Å². The fourth-order valence-corrected chi connectivity index (χ4v) is 1.06. The highest BCUT2D eigenvalue weighted by atomic mass is 16.5. The van der Waals surface area contributed by atoms with Gasteiger partial charge in [-0.2, -0.15) is 5.10 Å². The summed E-state index contributed by atoms with van der Waals surface area (Å²) in [5, 5.41) is 21.6. The summed E-state index contributed by atoms with van der Waals surface area (Å²) in [6, 6.07) is 0. The average molecular weight is 215 g/mol. The van der Waals surface area contributed by atoms with Crippen molar-refractivity contribution in [2.45, 2.75) is 12.6 Å². The molecule has 1 rings (SSSR count). The minimum atomic E-state index is -0.935. The number of nitrogens with two attached hydrogens (primary N) is 1. The van der Waals surface area contributed by atoms with Gasteiger partial charge < -0.3 is 20.7 Å². The zero-order valence-electron chi connectivity index (χ0n) is 8.25. The molecule has 0 aliphatic carbocycles. The number of hydrogen-bond acceptors (Lipinski definition) is 6. The fourth-order valence-electron chi connectivity index (χ4n) is 1.06. The number of hydrogen-bond donors (Lipinski definition) is 3. The zero-order chi connectivity index (χ0) is 11.4. The molecule has 0 fully saturated rings. The van der Waals surface area contributed by atoms with Crippen molar-refractivity contribution in [1.82, 2.24) is 9.78 Å². The summed E-state index contributed by atoms with van der Waals surface area (Å²) in [6.07, 6.45) is 0.459. The van der Waals surface area contributed by atoms with Crippen LogP contribution < -0.4 is 5.73 Å². The Morgan fingerprint density at radius 1 is 1.80 bits per heavy atom. The molecule has 1 unspecified atom stereocenters. The molecule has 1 aromatic rings. The van der Waals surface area contributed by atoms with Gasteiger partial charge in [-0.15, -0.1) is 0 Å². The maximum atomic E-state index is 11.1. The van der Waals surface area contributed by atoms with Crippen molar-refractivity contribution >= 4 is 11.7 Å². The highest BCUT2D eigenvalue weighted by Gasteiger charge is 2.16. The molecule has 0 saturated carbocycles. The number of nitrogens with zero attached hydrogens (tertiary/aromatic N) is 2. The Kier molecular flexibility index (Phi) is 3.64. The van der Waals surface area contributed by atoms with E-state index in [2.05, 4.69) is 9.84 Å². The monoisotopic (exact) mass is 215 g/mol. The predicted molar refractivity (Wildman–Crippen MR) is 51.1 cm³/mol. The lowest BCUT2D eigenvalue weighted by atomic mass is 10.4. The first kappa shape index (κ1) is 11.5. The predicted octanol–water partition coefficient (Wildman–Crippen LogP) is -1.39. The lowest BCUT2D eigenvalue weighted by molar-refractivity contribution is 0.0589. The van der Waals surface area contributed by atoms with Crippen molar-refractivity contribution in [2.24, 2.45) is 0 Å². The molecule has 7 nitrogen and oxygen atoms in total. The number of aromatic nitrogens is 2.